The molecule has 0 aliphatic carbocycles. The van der Waals surface area contributed by atoms with E-state index in [4.69, 9.17) is 0 Å². The van der Waals surface area contributed by atoms with Crippen molar-refractivity contribution in [1.29, 1.82) is 0 Å². The highest BCUT2D eigenvalue weighted by Crippen LogP contribution is 2.19. The first-order chi connectivity index (χ1) is 9.56. The lowest BCUT2D eigenvalue weighted by atomic mass is 9.95. The lowest BCUT2D eigenvalue weighted by Crippen LogP contribution is -2.45. The number of piperidine rings is 2. The predicted molar refractivity (Wildman–Crippen MR) is 78.3 cm³/mol. The van der Waals surface area contributed by atoms with Gasteiger partial charge in [0.1, 0.15) is 0 Å². The molecule has 2 amide bonds. The Kier molecular flexibility index (Phi) is 5.40. The van der Waals surface area contributed by atoms with Crippen LogP contribution in [-0.4, -0.2) is 60.9 Å². The third-order valence-electron chi connectivity index (χ3n) is 4.82. The molecule has 0 saturated carbocycles. The number of amides is 2. The molecule has 0 aromatic rings. The van der Waals surface area contributed by atoms with Gasteiger partial charge in [-0.2, -0.15) is 0 Å². The second-order valence-corrected chi connectivity index (χ2v) is 6.20. The fraction of sp³-hybridized carbons (Fsp3) is 0.867. The number of nitrogens with one attached hydrogen (secondary N) is 1. The zero-order valence-corrected chi connectivity index (χ0v) is 12.7. The lowest BCUT2D eigenvalue weighted by molar-refractivity contribution is -0.130. The molecule has 0 aromatic carbocycles. The van der Waals surface area contributed by atoms with Crippen LogP contribution in [0.15, 0.2) is 0 Å². The minimum atomic E-state index is 0.168. The van der Waals surface area contributed by atoms with Crippen LogP contribution in [0, 0.1) is 5.92 Å². The smallest absolute Gasteiger partial charge is 0.220 e. The first kappa shape index (κ1) is 15.3. The number of rotatable bonds is 4. The van der Waals surface area contributed by atoms with E-state index in [-0.39, 0.29) is 11.8 Å². The van der Waals surface area contributed by atoms with Crippen molar-refractivity contribution in [2.45, 2.75) is 45.1 Å². The Balaban J connectivity index is 1.64. The van der Waals surface area contributed by atoms with Crippen LogP contribution in [0.5, 0.6) is 0 Å². The van der Waals surface area contributed by atoms with Gasteiger partial charge in [0, 0.05) is 46.1 Å². The average Bonchev–Trinajstić information content (AvgIpc) is 2.46. The van der Waals surface area contributed by atoms with Gasteiger partial charge < -0.3 is 15.1 Å². The van der Waals surface area contributed by atoms with Gasteiger partial charge in [0.2, 0.25) is 11.8 Å². The molecule has 0 spiro atoms. The first-order valence-electron chi connectivity index (χ1n) is 7.78. The van der Waals surface area contributed by atoms with Crippen molar-refractivity contribution in [2.75, 3.05) is 33.2 Å². The molecule has 2 rings (SSSR count). The van der Waals surface area contributed by atoms with Gasteiger partial charge in [0.05, 0.1) is 0 Å². The number of carbonyl (C=O) groups is 2. The molecule has 1 N–H and O–H groups in total. The van der Waals surface area contributed by atoms with Crippen molar-refractivity contribution >= 4 is 11.8 Å². The molecule has 2 saturated heterocycles. The van der Waals surface area contributed by atoms with Crippen LogP contribution >= 0.6 is 0 Å². The predicted octanol–water partition coefficient (Wildman–Crippen LogP) is 0.845. The summed E-state index contributed by atoms with van der Waals surface area (Å²) in [5, 5.41) is 2.95. The minimum absolute atomic E-state index is 0.168. The highest BCUT2D eigenvalue weighted by molar-refractivity contribution is 5.76. The van der Waals surface area contributed by atoms with Crippen molar-refractivity contribution in [3.8, 4) is 0 Å². The molecular formula is C15H27N3O2. The molecular weight excluding hydrogens is 254 g/mol. The summed E-state index contributed by atoms with van der Waals surface area (Å²) in [6.07, 6.45) is 5.06. The van der Waals surface area contributed by atoms with Gasteiger partial charge in [-0.15, -0.1) is 0 Å². The van der Waals surface area contributed by atoms with Crippen molar-refractivity contribution in [3.05, 3.63) is 0 Å². The molecule has 0 radical (unpaired) electrons. The molecule has 2 aliphatic heterocycles. The van der Waals surface area contributed by atoms with Crippen LogP contribution in [0.25, 0.3) is 0 Å². The Morgan fingerprint density at radius 3 is 2.60 bits per heavy atom. The summed E-state index contributed by atoms with van der Waals surface area (Å²) in [6, 6.07) is 0.415. The van der Waals surface area contributed by atoms with Gasteiger partial charge in [0.15, 0.2) is 0 Å². The lowest BCUT2D eigenvalue weighted by Gasteiger charge is -2.37. The monoisotopic (exact) mass is 281 g/mol. The standard InChI is InChI=1S/C15H27N3O2/c1-12(19)17(2)14-6-9-18(10-7-14)8-5-13-3-4-15(20)16-11-13/h13-14H,3-11H2,1-2H3,(H,16,20). The molecule has 5 heteroatoms. The summed E-state index contributed by atoms with van der Waals surface area (Å²) < 4.78 is 0. The van der Waals surface area contributed by atoms with E-state index in [0.29, 0.717) is 18.4 Å². The molecule has 2 fully saturated rings. The number of hydrogen-bond donors (Lipinski definition) is 1. The Bertz CT molecular complexity index is 341. The molecule has 2 heterocycles. The van der Waals surface area contributed by atoms with Crippen LogP contribution in [0.3, 0.4) is 0 Å². The van der Waals surface area contributed by atoms with E-state index >= 15 is 0 Å². The molecule has 0 aromatic heterocycles. The summed E-state index contributed by atoms with van der Waals surface area (Å²) in [4.78, 5) is 26.9. The van der Waals surface area contributed by atoms with Gasteiger partial charge in [-0.3, -0.25) is 9.59 Å². The molecule has 20 heavy (non-hydrogen) atoms. The molecule has 1 unspecified atom stereocenters. The molecule has 5 nitrogen and oxygen atoms in total. The number of hydrogen-bond acceptors (Lipinski definition) is 3. The largest absolute Gasteiger partial charge is 0.356 e. The zero-order chi connectivity index (χ0) is 14.5. The molecule has 2 aliphatic rings. The topological polar surface area (TPSA) is 52.7 Å². The van der Waals surface area contributed by atoms with Crippen LogP contribution in [0.1, 0.15) is 39.0 Å². The van der Waals surface area contributed by atoms with E-state index in [1.807, 2.05) is 11.9 Å². The third-order valence-corrected chi connectivity index (χ3v) is 4.82. The number of nitrogens with zero attached hydrogens (tertiary/aromatic N) is 2. The van der Waals surface area contributed by atoms with Crippen molar-refractivity contribution < 1.29 is 9.59 Å². The van der Waals surface area contributed by atoms with Gasteiger partial charge in [0.25, 0.3) is 0 Å². The SMILES string of the molecule is CC(=O)N(C)C1CCN(CCC2CCC(=O)NC2)CC1. The van der Waals surface area contributed by atoms with Crippen LogP contribution in [0.4, 0.5) is 0 Å². The Morgan fingerprint density at radius 1 is 1.35 bits per heavy atom. The third kappa shape index (κ3) is 4.20. The van der Waals surface area contributed by atoms with Crippen molar-refractivity contribution in [3.63, 3.8) is 0 Å². The Morgan fingerprint density at radius 2 is 2.05 bits per heavy atom. The maximum atomic E-state index is 11.4. The summed E-state index contributed by atoms with van der Waals surface area (Å²) in [6.45, 7) is 5.78. The van der Waals surface area contributed by atoms with E-state index in [9.17, 15) is 9.59 Å². The maximum absolute atomic E-state index is 11.4. The maximum Gasteiger partial charge on any atom is 0.220 e. The van der Waals surface area contributed by atoms with E-state index in [1.165, 1.54) is 6.42 Å². The molecule has 0 bridgehead atoms. The first-order valence-corrected chi connectivity index (χ1v) is 7.78. The van der Waals surface area contributed by atoms with Crippen molar-refractivity contribution in [2.24, 2.45) is 5.92 Å². The number of likely N-dealkylation sites (tertiary alicyclic amines) is 1. The average molecular weight is 281 g/mol. The summed E-state index contributed by atoms with van der Waals surface area (Å²) in [7, 11) is 1.91. The van der Waals surface area contributed by atoms with Crippen molar-refractivity contribution in [1.82, 2.24) is 15.1 Å². The van der Waals surface area contributed by atoms with Crippen LogP contribution < -0.4 is 5.32 Å². The zero-order valence-electron chi connectivity index (χ0n) is 12.7. The summed E-state index contributed by atoms with van der Waals surface area (Å²) in [5.74, 6) is 1.01. The molecule has 1 atom stereocenters. The van der Waals surface area contributed by atoms with Gasteiger partial charge in [-0.1, -0.05) is 0 Å². The highest BCUT2D eigenvalue weighted by Gasteiger charge is 2.24. The van der Waals surface area contributed by atoms with Gasteiger partial charge >= 0.3 is 0 Å². The summed E-state index contributed by atoms with van der Waals surface area (Å²) in [5.41, 5.74) is 0. The summed E-state index contributed by atoms with van der Waals surface area (Å²) >= 11 is 0. The Labute approximate surface area is 121 Å². The fourth-order valence-corrected chi connectivity index (χ4v) is 3.18. The second kappa shape index (κ2) is 7.07. The van der Waals surface area contributed by atoms with Crippen LogP contribution in [-0.2, 0) is 9.59 Å². The van der Waals surface area contributed by atoms with E-state index in [1.54, 1.807) is 6.92 Å². The quantitative estimate of drug-likeness (QED) is 0.831. The van der Waals surface area contributed by atoms with Gasteiger partial charge in [-0.25, -0.2) is 0 Å². The number of carbonyl (C=O) groups excluding carboxylic acids is 2. The van der Waals surface area contributed by atoms with Crippen LogP contribution in [0.2, 0.25) is 0 Å². The van der Waals surface area contributed by atoms with E-state index in [0.717, 1.165) is 45.4 Å². The van der Waals surface area contributed by atoms with E-state index < -0.39 is 0 Å². The fourth-order valence-electron chi connectivity index (χ4n) is 3.18. The van der Waals surface area contributed by atoms with E-state index in [2.05, 4.69) is 10.2 Å². The second-order valence-electron chi connectivity index (χ2n) is 6.20. The Hall–Kier alpha value is -1.10. The highest BCUT2D eigenvalue weighted by atomic mass is 16.2. The molecule has 114 valence electrons. The normalized spacial score (nSPS) is 25.3. The van der Waals surface area contributed by atoms with Gasteiger partial charge in [-0.05, 0) is 38.1 Å². The minimum Gasteiger partial charge on any atom is -0.356 e.